The predicted octanol–water partition coefficient (Wildman–Crippen LogP) is 11.4. The van der Waals surface area contributed by atoms with Crippen LogP contribution in [0, 0.1) is 30.2 Å². The first-order valence-corrected chi connectivity index (χ1v) is 19.8. The first kappa shape index (κ1) is 34.1. The summed E-state index contributed by atoms with van der Waals surface area (Å²) < 4.78 is 79.3. The Morgan fingerprint density at radius 2 is 1.18 bits per heavy atom. The topological polar surface area (TPSA) is 27.7 Å². The fourth-order valence-corrected chi connectivity index (χ4v) is 16.1. The molecule has 2 aromatic rings. The van der Waals surface area contributed by atoms with E-state index in [1.807, 2.05) is 31.2 Å². The van der Waals surface area contributed by atoms with Crippen LogP contribution in [0.5, 0.6) is 11.5 Å². The van der Waals surface area contributed by atoms with E-state index in [9.17, 15) is 8.78 Å². The number of hydrogen-bond acceptors (Lipinski definition) is 3. The molecule has 3 saturated carbocycles. The summed E-state index contributed by atoms with van der Waals surface area (Å²) in [6.07, 6.45) is 19.1. The van der Waals surface area contributed by atoms with E-state index >= 15 is 8.78 Å². The second-order valence-corrected chi connectivity index (χ2v) is 18.9. The van der Waals surface area contributed by atoms with Crippen molar-refractivity contribution >= 4 is 13.3 Å². The molecule has 3 aliphatic rings. The Balaban J connectivity index is 1.57. The molecule has 2 aromatic carbocycles. The molecule has 45 heavy (non-hydrogen) atoms. The average molecular weight is 651 g/mol. The van der Waals surface area contributed by atoms with E-state index in [4.69, 9.17) is 14.2 Å². The SMILES string of the molecule is Cc1ccccc1/C=C(/Oc1c(F)c(F)c(F)c(F)c1OC[PH](C1CCCCC1)(C1CCCCC1)C1CCCCC1)OC(C)C. The molecule has 0 saturated heterocycles. The Hall–Kier alpha value is -2.27. The van der Waals surface area contributed by atoms with Crippen LogP contribution in [0.3, 0.4) is 0 Å². The fourth-order valence-electron chi connectivity index (χ4n) is 8.58. The van der Waals surface area contributed by atoms with Crippen molar-refractivity contribution in [3.8, 4) is 11.5 Å². The number of ether oxygens (including phenoxy) is 3. The quantitative estimate of drug-likeness (QED) is 0.0796. The molecule has 0 atom stereocenters. The monoisotopic (exact) mass is 650 g/mol. The number of halogens is 4. The molecule has 0 heterocycles. The number of hydrogen-bond donors (Lipinski definition) is 0. The molecular weight excluding hydrogens is 599 g/mol. The molecule has 0 radical (unpaired) electrons. The fraction of sp³-hybridized carbons (Fsp3) is 0.622. The van der Waals surface area contributed by atoms with Crippen LogP contribution in [0.2, 0.25) is 0 Å². The van der Waals surface area contributed by atoms with E-state index < -0.39 is 42.0 Å². The zero-order valence-electron chi connectivity index (χ0n) is 27.2. The number of benzene rings is 2. The van der Waals surface area contributed by atoms with Gasteiger partial charge in [0, 0.05) is 0 Å². The predicted molar refractivity (Wildman–Crippen MR) is 177 cm³/mol. The molecule has 3 nitrogen and oxygen atoms in total. The van der Waals surface area contributed by atoms with Gasteiger partial charge in [-0.15, -0.1) is 0 Å². The van der Waals surface area contributed by atoms with Crippen molar-refractivity contribution < 1.29 is 31.8 Å². The summed E-state index contributed by atoms with van der Waals surface area (Å²) in [7, 11) is -2.33. The van der Waals surface area contributed by atoms with Gasteiger partial charge in [0.1, 0.15) is 0 Å². The Morgan fingerprint density at radius 3 is 1.64 bits per heavy atom. The summed E-state index contributed by atoms with van der Waals surface area (Å²) in [6.45, 7) is 5.44. The standard InChI is InChI=1S/C37H51F4O3P/c1-25(2)43-31(23-27-16-14-13-15-26(27)3)44-37-35(41)33(39)32(38)34(40)36(37)42-24-45(28-17-7-4-8-18-28,29-19-9-5-10-20-29)30-21-11-6-12-22-30/h13-16,23,25,28-30,45H,4-12,17-22,24H2,1-3H3/b31-23+. The van der Waals surface area contributed by atoms with E-state index in [1.54, 1.807) is 19.9 Å². The molecular formula is C37H51F4O3P. The Morgan fingerprint density at radius 1 is 0.711 bits per heavy atom. The van der Waals surface area contributed by atoms with Gasteiger partial charge in [-0.2, -0.15) is 0 Å². The summed E-state index contributed by atoms with van der Waals surface area (Å²) >= 11 is 0. The van der Waals surface area contributed by atoms with Crippen LogP contribution in [0.4, 0.5) is 17.6 Å². The molecule has 5 rings (SSSR count). The van der Waals surface area contributed by atoms with Gasteiger partial charge in [-0.25, -0.2) is 0 Å². The van der Waals surface area contributed by atoms with Crippen molar-refractivity contribution in [2.45, 2.75) is 140 Å². The minimum absolute atomic E-state index is 0.149. The third-order valence-corrected chi connectivity index (χ3v) is 17.7. The molecule has 8 heteroatoms. The van der Waals surface area contributed by atoms with Crippen molar-refractivity contribution in [3.05, 3.63) is 64.6 Å². The summed E-state index contributed by atoms with van der Waals surface area (Å²) in [5.41, 5.74) is 3.22. The van der Waals surface area contributed by atoms with Crippen LogP contribution in [0.1, 0.15) is 121 Å². The normalized spacial score (nSPS) is 20.0. The third-order valence-electron chi connectivity index (χ3n) is 10.8. The first-order chi connectivity index (χ1) is 21.7. The van der Waals surface area contributed by atoms with E-state index in [-0.39, 0.29) is 18.4 Å². The number of aryl methyl sites for hydroxylation is 1. The second kappa shape index (κ2) is 15.5. The number of rotatable bonds is 11. The minimum atomic E-state index is -2.33. The van der Waals surface area contributed by atoms with Crippen molar-refractivity contribution in [1.82, 2.24) is 0 Å². The van der Waals surface area contributed by atoms with Crippen LogP contribution < -0.4 is 9.47 Å². The van der Waals surface area contributed by atoms with Gasteiger partial charge >= 0.3 is 268 Å². The average Bonchev–Trinajstić information content (AvgIpc) is 3.06. The summed E-state index contributed by atoms with van der Waals surface area (Å²) in [5.74, 6) is -8.62. The van der Waals surface area contributed by atoms with Crippen molar-refractivity contribution in [1.29, 1.82) is 0 Å². The first-order valence-electron chi connectivity index (χ1n) is 17.3. The molecule has 0 aliphatic heterocycles. The van der Waals surface area contributed by atoms with Crippen LogP contribution >= 0.6 is 7.26 Å². The van der Waals surface area contributed by atoms with E-state index in [0.29, 0.717) is 17.0 Å². The van der Waals surface area contributed by atoms with Crippen LogP contribution in [-0.2, 0) is 4.74 Å². The van der Waals surface area contributed by atoms with Gasteiger partial charge < -0.3 is 0 Å². The zero-order chi connectivity index (χ0) is 32.0. The van der Waals surface area contributed by atoms with Gasteiger partial charge in [0.2, 0.25) is 0 Å². The van der Waals surface area contributed by atoms with Crippen molar-refractivity contribution in [2.75, 3.05) is 6.35 Å². The van der Waals surface area contributed by atoms with Crippen LogP contribution in [0.15, 0.2) is 30.2 Å². The van der Waals surface area contributed by atoms with Gasteiger partial charge in [0.25, 0.3) is 0 Å². The summed E-state index contributed by atoms with van der Waals surface area (Å²) in [6, 6.07) is 7.45. The Kier molecular flexibility index (Phi) is 11.8. The maximum atomic E-state index is 15.8. The summed E-state index contributed by atoms with van der Waals surface area (Å²) in [4.78, 5) is 0. The van der Waals surface area contributed by atoms with Gasteiger partial charge in [0.15, 0.2) is 0 Å². The van der Waals surface area contributed by atoms with Gasteiger partial charge in [-0.3, -0.25) is 0 Å². The van der Waals surface area contributed by atoms with E-state index in [1.165, 1.54) is 57.8 Å². The van der Waals surface area contributed by atoms with Crippen LogP contribution in [0.25, 0.3) is 6.08 Å². The third kappa shape index (κ3) is 7.66. The van der Waals surface area contributed by atoms with E-state index in [0.717, 1.165) is 49.7 Å². The van der Waals surface area contributed by atoms with E-state index in [2.05, 4.69) is 0 Å². The molecule has 250 valence electrons. The maximum absolute atomic E-state index is 15.8. The Bertz CT molecular complexity index is 1270. The van der Waals surface area contributed by atoms with Gasteiger partial charge in [0.05, 0.1) is 0 Å². The van der Waals surface area contributed by atoms with Crippen molar-refractivity contribution in [2.24, 2.45) is 0 Å². The molecule has 0 aromatic heterocycles. The Labute approximate surface area is 267 Å². The van der Waals surface area contributed by atoms with Crippen molar-refractivity contribution in [3.63, 3.8) is 0 Å². The molecule has 0 spiro atoms. The molecule has 3 fully saturated rings. The molecule has 0 N–H and O–H groups in total. The zero-order valence-corrected chi connectivity index (χ0v) is 28.2. The summed E-state index contributed by atoms with van der Waals surface area (Å²) in [5, 5.41) is 0. The molecule has 0 bridgehead atoms. The molecule has 0 amide bonds. The van der Waals surface area contributed by atoms with Crippen LogP contribution in [-0.4, -0.2) is 29.4 Å². The van der Waals surface area contributed by atoms with Gasteiger partial charge in [-0.05, 0) is 0 Å². The second-order valence-electron chi connectivity index (χ2n) is 13.9. The molecule has 0 unspecified atom stereocenters. The molecule has 3 aliphatic carbocycles. The van der Waals surface area contributed by atoms with Gasteiger partial charge in [-0.1, -0.05) is 0 Å².